The number of rotatable bonds is 15. The van der Waals surface area contributed by atoms with Crippen LogP contribution in [-0.4, -0.2) is 13.2 Å². The lowest BCUT2D eigenvalue weighted by Crippen LogP contribution is -2.16. The molecular weight excluding hydrogens is 222 g/mol. The van der Waals surface area contributed by atoms with Gasteiger partial charge in [0.2, 0.25) is 0 Å². The van der Waals surface area contributed by atoms with Gasteiger partial charge in [-0.15, -0.1) is 0 Å². The van der Waals surface area contributed by atoms with Crippen LogP contribution in [-0.2, 0) is 4.84 Å². The van der Waals surface area contributed by atoms with Gasteiger partial charge < -0.3 is 4.84 Å². The van der Waals surface area contributed by atoms with E-state index in [1.807, 2.05) is 0 Å². The topological polar surface area (TPSA) is 21.3 Å². The van der Waals surface area contributed by atoms with E-state index in [-0.39, 0.29) is 0 Å². The minimum Gasteiger partial charge on any atom is -0.302 e. The Bertz CT molecular complexity index is 123. The molecule has 0 heterocycles. The van der Waals surface area contributed by atoms with Gasteiger partial charge in [0.05, 0.1) is 6.61 Å². The molecule has 0 radical (unpaired) electrons. The van der Waals surface area contributed by atoms with Gasteiger partial charge in [0, 0.05) is 6.54 Å². The number of unbranched alkanes of at least 4 members (excludes halogenated alkanes) is 10. The zero-order valence-electron chi connectivity index (χ0n) is 12.8. The van der Waals surface area contributed by atoms with Crippen LogP contribution in [0.1, 0.15) is 90.9 Å². The molecule has 0 aromatic rings. The summed E-state index contributed by atoms with van der Waals surface area (Å²) in [6.07, 6.45) is 16.1. The minimum atomic E-state index is 0.878. The zero-order valence-corrected chi connectivity index (χ0v) is 12.8. The van der Waals surface area contributed by atoms with Crippen molar-refractivity contribution in [2.75, 3.05) is 13.2 Å². The molecule has 0 aromatic heterocycles. The minimum absolute atomic E-state index is 0.878. The first-order valence-corrected chi connectivity index (χ1v) is 8.26. The molecule has 0 aliphatic carbocycles. The average Bonchev–Trinajstić information content (AvgIpc) is 2.39. The summed E-state index contributed by atoms with van der Waals surface area (Å²) in [6.45, 7) is 6.41. The standard InChI is InChI=1S/C16H35NO/c1-3-5-7-9-10-12-14-16-18-17-15-13-11-8-6-4-2/h17H,3-16H2,1-2H3. The van der Waals surface area contributed by atoms with Crippen molar-refractivity contribution in [3.63, 3.8) is 0 Å². The van der Waals surface area contributed by atoms with Crippen LogP contribution >= 0.6 is 0 Å². The second kappa shape index (κ2) is 16.9. The molecule has 0 rings (SSSR count). The maximum Gasteiger partial charge on any atom is 0.0682 e. The normalized spacial score (nSPS) is 11.0. The van der Waals surface area contributed by atoms with Crippen LogP contribution < -0.4 is 5.48 Å². The lowest BCUT2D eigenvalue weighted by molar-refractivity contribution is 0.0376. The molecule has 2 nitrogen and oxygen atoms in total. The molecule has 0 amide bonds. The van der Waals surface area contributed by atoms with Crippen molar-refractivity contribution in [1.82, 2.24) is 5.48 Å². The molecule has 2 heteroatoms. The van der Waals surface area contributed by atoms with Gasteiger partial charge in [0.1, 0.15) is 0 Å². The summed E-state index contributed by atoms with van der Waals surface area (Å²) < 4.78 is 0. The van der Waals surface area contributed by atoms with Gasteiger partial charge >= 0.3 is 0 Å². The number of hydrogen-bond acceptors (Lipinski definition) is 2. The van der Waals surface area contributed by atoms with Crippen molar-refractivity contribution >= 4 is 0 Å². The van der Waals surface area contributed by atoms with Crippen molar-refractivity contribution in [2.45, 2.75) is 90.9 Å². The fourth-order valence-electron chi connectivity index (χ4n) is 2.08. The molecule has 0 unspecified atom stereocenters. The van der Waals surface area contributed by atoms with E-state index in [0.717, 1.165) is 13.2 Å². The van der Waals surface area contributed by atoms with E-state index in [9.17, 15) is 0 Å². The van der Waals surface area contributed by atoms with Gasteiger partial charge in [-0.25, -0.2) is 5.48 Å². The van der Waals surface area contributed by atoms with Crippen LogP contribution in [0.25, 0.3) is 0 Å². The summed E-state index contributed by atoms with van der Waals surface area (Å²) in [6, 6.07) is 0. The number of hydroxylamine groups is 1. The van der Waals surface area contributed by atoms with E-state index in [2.05, 4.69) is 19.3 Å². The lowest BCUT2D eigenvalue weighted by atomic mass is 10.1. The fourth-order valence-corrected chi connectivity index (χ4v) is 2.08. The Morgan fingerprint density at radius 1 is 0.611 bits per heavy atom. The molecule has 0 saturated carbocycles. The van der Waals surface area contributed by atoms with Crippen LogP contribution in [0, 0.1) is 0 Å². The summed E-state index contributed by atoms with van der Waals surface area (Å²) in [5.74, 6) is 0. The number of hydrogen-bond donors (Lipinski definition) is 1. The third-order valence-corrected chi connectivity index (χ3v) is 3.33. The molecule has 0 aliphatic heterocycles. The Hall–Kier alpha value is -0.0800. The second-order valence-electron chi connectivity index (χ2n) is 5.28. The van der Waals surface area contributed by atoms with E-state index in [4.69, 9.17) is 4.84 Å². The van der Waals surface area contributed by atoms with Crippen LogP contribution in [0.2, 0.25) is 0 Å². The van der Waals surface area contributed by atoms with Crippen molar-refractivity contribution in [3.05, 3.63) is 0 Å². The van der Waals surface area contributed by atoms with Crippen LogP contribution in [0.3, 0.4) is 0 Å². The van der Waals surface area contributed by atoms with Gasteiger partial charge in [-0.3, -0.25) is 0 Å². The molecule has 0 fully saturated rings. The quantitative estimate of drug-likeness (QED) is 0.320. The molecule has 110 valence electrons. The predicted octanol–water partition coefficient (Wildman–Crippen LogP) is 5.23. The van der Waals surface area contributed by atoms with E-state index in [1.165, 1.54) is 77.0 Å². The first-order valence-electron chi connectivity index (χ1n) is 8.26. The zero-order chi connectivity index (χ0) is 13.3. The highest BCUT2D eigenvalue weighted by Crippen LogP contribution is 2.06. The Morgan fingerprint density at radius 2 is 1.11 bits per heavy atom. The summed E-state index contributed by atoms with van der Waals surface area (Å²) in [5.41, 5.74) is 3.07. The Balaban J connectivity index is 2.86. The second-order valence-corrected chi connectivity index (χ2v) is 5.28. The largest absolute Gasteiger partial charge is 0.302 e. The Kier molecular flexibility index (Phi) is 16.8. The van der Waals surface area contributed by atoms with E-state index in [0.29, 0.717) is 0 Å². The third-order valence-electron chi connectivity index (χ3n) is 3.33. The van der Waals surface area contributed by atoms with Crippen LogP contribution in [0.5, 0.6) is 0 Å². The van der Waals surface area contributed by atoms with Crippen LogP contribution in [0.15, 0.2) is 0 Å². The Labute approximate surface area is 115 Å². The van der Waals surface area contributed by atoms with Gasteiger partial charge in [-0.1, -0.05) is 78.1 Å². The smallest absolute Gasteiger partial charge is 0.0682 e. The fraction of sp³-hybridized carbons (Fsp3) is 1.00. The van der Waals surface area contributed by atoms with Crippen molar-refractivity contribution in [2.24, 2.45) is 0 Å². The highest BCUT2D eigenvalue weighted by molar-refractivity contribution is 4.45. The highest BCUT2D eigenvalue weighted by atomic mass is 16.6. The van der Waals surface area contributed by atoms with E-state index >= 15 is 0 Å². The predicted molar refractivity (Wildman–Crippen MR) is 80.7 cm³/mol. The van der Waals surface area contributed by atoms with Gasteiger partial charge in [-0.2, -0.15) is 0 Å². The lowest BCUT2D eigenvalue weighted by Gasteiger charge is -2.05. The third kappa shape index (κ3) is 15.9. The van der Waals surface area contributed by atoms with Gasteiger partial charge in [-0.05, 0) is 12.8 Å². The molecule has 0 aromatic carbocycles. The summed E-state index contributed by atoms with van der Waals surface area (Å²) in [7, 11) is 0. The maximum atomic E-state index is 5.42. The molecule has 0 atom stereocenters. The summed E-state index contributed by atoms with van der Waals surface area (Å²) in [4.78, 5) is 5.42. The molecule has 0 bridgehead atoms. The molecule has 1 N–H and O–H groups in total. The first-order chi connectivity index (χ1) is 8.91. The van der Waals surface area contributed by atoms with Crippen LogP contribution in [0.4, 0.5) is 0 Å². The molecule has 0 saturated heterocycles. The van der Waals surface area contributed by atoms with E-state index in [1.54, 1.807) is 0 Å². The van der Waals surface area contributed by atoms with E-state index < -0.39 is 0 Å². The first kappa shape index (κ1) is 17.9. The van der Waals surface area contributed by atoms with Crippen molar-refractivity contribution < 1.29 is 4.84 Å². The SMILES string of the molecule is CCCCCCCCCONCCCCCCC. The van der Waals surface area contributed by atoms with Gasteiger partial charge in [0.15, 0.2) is 0 Å². The summed E-state index contributed by atoms with van der Waals surface area (Å²) in [5, 5.41) is 0. The van der Waals surface area contributed by atoms with Crippen molar-refractivity contribution in [3.8, 4) is 0 Å². The average molecular weight is 257 g/mol. The summed E-state index contributed by atoms with van der Waals surface area (Å²) >= 11 is 0. The molecule has 0 aliphatic rings. The maximum absolute atomic E-state index is 5.42. The molecule has 18 heavy (non-hydrogen) atoms. The van der Waals surface area contributed by atoms with Gasteiger partial charge in [0.25, 0.3) is 0 Å². The molecule has 0 spiro atoms. The molecular formula is C16H35NO. The Morgan fingerprint density at radius 3 is 1.72 bits per heavy atom. The monoisotopic (exact) mass is 257 g/mol. The van der Waals surface area contributed by atoms with Crippen molar-refractivity contribution in [1.29, 1.82) is 0 Å². The highest BCUT2D eigenvalue weighted by Gasteiger charge is 1.92. The number of nitrogens with one attached hydrogen (secondary N) is 1.